The van der Waals surface area contributed by atoms with Crippen LogP contribution in [0.2, 0.25) is 5.02 Å². The van der Waals surface area contributed by atoms with Gasteiger partial charge in [-0.1, -0.05) is 23.8 Å². The molecule has 0 spiro atoms. The van der Waals surface area contributed by atoms with Gasteiger partial charge in [0.2, 0.25) is 17.7 Å². The first-order chi connectivity index (χ1) is 14.4. The Kier molecular flexibility index (Phi) is 4.82. The van der Waals surface area contributed by atoms with Crippen LogP contribution in [0.4, 0.5) is 11.4 Å². The van der Waals surface area contributed by atoms with Crippen molar-refractivity contribution in [1.82, 2.24) is 9.80 Å². The Hall–Kier alpha value is -2.38. The average Bonchev–Trinajstić information content (AvgIpc) is 3.39. The average molecular weight is 429 g/mol. The molecule has 2 bridgehead atoms. The van der Waals surface area contributed by atoms with Gasteiger partial charge in [-0.15, -0.1) is 0 Å². The van der Waals surface area contributed by atoms with Crippen molar-refractivity contribution in [3.8, 4) is 0 Å². The highest BCUT2D eigenvalue weighted by Crippen LogP contribution is 2.52. The number of carbonyl (C=O) groups is 3. The van der Waals surface area contributed by atoms with Crippen LogP contribution in [0.25, 0.3) is 0 Å². The molecule has 2 aliphatic heterocycles. The van der Waals surface area contributed by atoms with Gasteiger partial charge in [-0.2, -0.15) is 0 Å². The predicted octanol–water partition coefficient (Wildman–Crippen LogP) is 1.84. The predicted molar refractivity (Wildman–Crippen MR) is 114 cm³/mol. The number of allylic oxidation sites excluding steroid dienone is 2. The Morgan fingerprint density at radius 2 is 1.70 bits per heavy atom. The van der Waals surface area contributed by atoms with Crippen LogP contribution in [0.1, 0.15) is 6.42 Å². The molecule has 158 valence electrons. The number of carbonyl (C=O) groups excluding carboxylic acids is 3. The van der Waals surface area contributed by atoms with Crippen molar-refractivity contribution in [2.75, 3.05) is 50.0 Å². The smallest absolute Gasteiger partial charge is 0.244 e. The van der Waals surface area contributed by atoms with Crippen LogP contribution in [-0.4, -0.2) is 67.3 Å². The second-order valence-corrected chi connectivity index (χ2v) is 9.20. The van der Waals surface area contributed by atoms with Crippen molar-refractivity contribution in [2.45, 2.75) is 6.42 Å². The molecule has 30 heavy (non-hydrogen) atoms. The molecule has 8 heteroatoms. The van der Waals surface area contributed by atoms with Crippen molar-refractivity contribution < 1.29 is 14.4 Å². The first kappa shape index (κ1) is 19.6. The summed E-state index contributed by atoms with van der Waals surface area (Å²) < 4.78 is 0. The molecule has 2 saturated heterocycles. The van der Waals surface area contributed by atoms with Gasteiger partial charge in [0.05, 0.1) is 23.2 Å². The molecule has 4 atom stereocenters. The molecule has 0 aromatic heterocycles. The van der Waals surface area contributed by atoms with Crippen molar-refractivity contribution >= 4 is 40.7 Å². The lowest BCUT2D eigenvalue weighted by molar-refractivity contribution is -0.143. The molecular weight excluding hydrogens is 404 g/mol. The van der Waals surface area contributed by atoms with Crippen molar-refractivity contribution in [2.24, 2.45) is 23.7 Å². The summed E-state index contributed by atoms with van der Waals surface area (Å²) in [4.78, 5) is 44.1. The lowest BCUT2D eigenvalue weighted by Gasteiger charge is -2.35. The number of amides is 3. The number of nitrogens with one attached hydrogen (secondary N) is 1. The Morgan fingerprint density at radius 1 is 1.07 bits per heavy atom. The largest absolute Gasteiger partial charge is 0.367 e. The number of hydrogen-bond acceptors (Lipinski definition) is 5. The number of likely N-dealkylation sites (N-methyl/N-ethyl adjacent to an activating group) is 1. The topological polar surface area (TPSA) is 73.0 Å². The highest BCUT2D eigenvalue weighted by Gasteiger charge is 2.59. The lowest BCUT2D eigenvalue weighted by atomic mass is 9.85. The molecule has 3 fully saturated rings. The molecule has 1 aromatic carbocycles. The SMILES string of the molecule is CN1CCN(c2ccc(Cl)cc2NC(=O)CN2C(=O)C3C4C=CC(C4)C3C2=O)CC1. The monoisotopic (exact) mass is 428 g/mol. The van der Waals surface area contributed by atoms with Gasteiger partial charge < -0.3 is 15.1 Å². The van der Waals surface area contributed by atoms with Crippen molar-refractivity contribution in [1.29, 1.82) is 0 Å². The van der Waals surface area contributed by atoms with E-state index in [0.29, 0.717) is 10.7 Å². The minimum absolute atomic E-state index is 0.140. The molecule has 7 nitrogen and oxygen atoms in total. The van der Waals surface area contributed by atoms with E-state index in [1.54, 1.807) is 6.07 Å². The molecule has 1 saturated carbocycles. The van der Waals surface area contributed by atoms with Gasteiger partial charge in [0.1, 0.15) is 6.54 Å². The maximum absolute atomic E-state index is 12.8. The summed E-state index contributed by atoms with van der Waals surface area (Å²) in [5.41, 5.74) is 1.51. The number of imide groups is 1. The molecule has 4 unspecified atom stereocenters. The minimum atomic E-state index is -0.380. The first-order valence-electron chi connectivity index (χ1n) is 10.5. The molecule has 0 radical (unpaired) electrons. The van der Waals surface area contributed by atoms with Crippen LogP contribution in [0.3, 0.4) is 0 Å². The summed E-state index contributed by atoms with van der Waals surface area (Å²) >= 11 is 6.18. The van der Waals surface area contributed by atoms with Crippen molar-refractivity contribution in [3.63, 3.8) is 0 Å². The van der Waals surface area contributed by atoms with Crippen LogP contribution < -0.4 is 10.2 Å². The minimum Gasteiger partial charge on any atom is -0.367 e. The Balaban J connectivity index is 1.30. The summed E-state index contributed by atoms with van der Waals surface area (Å²) in [5, 5.41) is 3.41. The van der Waals surface area contributed by atoms with E-state index in [-0.39, 0.29) is 47.9 Å². The van der Waals surface area contributed by atoms with Gasteiger partial charge in [-0.3, -0.25) is 19.3 Å². The van der Waals surface area contributed by atoms with Crippen LogP contribution >= 0.6 is 11.6 Å². The molecular formula is C22H25ClN4O3. The number of benzene rings is 1. The van der Waals surface area contributed by atoms with Crippen LogP contribution in [0, 0.1) is 23.7 Å². The normalized spacial score (nSPS) is 30.3. The third kappa shape index (κ3) is 3.20. The highest BCUT2D eigenvalue weighted by atomic mass is 35.5. The van der Waals surface area contributed by atoms with E-state index in [4.69, 9.17) is 11.6 Å². The van der Waals surface area contributed by atoms with Gasteiger partial charge in [-0.05, 0) is 43.5 Å². The van der Waals surface area contributed by atoms with E-state index in [1.807, 2.05) is 12.1 Å². The molecule has 5 rings (SSSR count). The van der Waals surface area contributed by atoms with E-state index < -0.39 is 0 Å². The zero-order valence-electron chi connectivity index (χ0n) is 16.9. The molecule has 4 aliphatic rings. The van der Waals surface area contributed by atoms with Gasteiger partial charge in [-0.25, -0.2) is 0 Å². The Bertz CT molecular complexity index is 910. The summed E-state index contributed by atoms with van der Waals surface area (Å²) in [6.07, 6.45) is 4.98. The summed E-state index contributed by atoms with van der Waals surface area (Å²) in [6.45, 7) is 3.32. The fourth-order valence-corrected chi connectivity index (χ4v) is 5.56. The number of hydrogen-bond donors (Lipinski definition) is 1. The second-order valence-electron chi connectivity index (χ2n) is 8.76. The maximum Gasteiger partial charge on any atom is 0.244 e. The standard InChI is InChI=1S/C22H25ClN4O3/c1-25-6-8-26(9-7-25)17-5-4-15(23)11-16(17)24-18(28)12-27-21(29)19-13-2-3-14(10-13)20(19)22(27)30/h2-5,11,13-14,19-20H,6-10,12H2,1H3,(H,24,28). The Morgan fingerprint density at radius 3 is 2.33 bits per heavy atom. The van der Waals surface area contributed by atoms with Gasteiger partial charge in [0, 0.05) is 31.2 Å². The van der Waals surface area contributed by atoms with Crippen LogP contribution in [-0.2, 0) is 14.4 Å². The number of likely N-dealkylation sites (tertiary alicyclic amines) is 1. The number of rotatable bonds is 4. The van der Waals surface area contributed by atoms with E-state index in [9.17, 15) is 14.4 Å². The number of nitrogens with zero attached hydrogens (tertiary/aromatic N) is 3. The summed E-state index contributed by atoms with van der Waals surface area (Å²) in [5.74, 6) is -1.08. The van der Waals surface area contributed by atoms with Crippen LogP contribution in [0.15, 0.2) is 30.4 Å². The molecule has 1 N–H and O–H groups in total. The van der Waals surface area contributed by atoms with E-state index in [2.05, 4.69) is 34.3 Å². The van der Waals surface area contributed by atoms with E-state index in [1.165, 1.54) is 0 Å². The zero-order chi connectivity index (χ0) is 21.0. The molecule has 1 aromatic rings. The highest BCUT2D eigenvalue weighted by molar-refractivity contribution is 6.31. The number of piperazine rings is 1. The molecule has 2 heterocycles. The van der Waals surface area contributed by atoms with E-state index >= 15 is 0 Å². The fraction of sp³-hybridized carbons (Fsp3) is 0.500. The Labute approximate surface area is 180 Å². The third-order valence-electron chi connectivity index (χ3n) is 6.94. The quantitative estimate of drug-likeness (QED) is 0.585. The third-order valence-corrected chi connectivity index (χ3v) is 7.18. The molecule has 3 amide bonds. The zero-order valence-corrected chi connectivity index (χ0v) is 17.6. The maximum atomic E-state index is 12.8. The number of halogens is 1. The van der Waals surface area contributed by atoms with Gasteiger partial charge >= 0.3 is 0 Å². The fourth-order valence-electron chi connectivity index (χ4n) is 5.38. The van der Waals surface area contributed by atoms with Gasteiger partial charge in [0.25, 0.3) is 0 Å². The second kappa shape index (κ2) is 7.39. The van der Waals surface area contributed by atoms with Gasteiger partial charge in [0.15, 0.2) is 0 Å². The first-order valence-corrected chi connectivity index (χ1v) is 10.9. The van der Waals surface area contributed by atoms with Crippen LogP contribution in [0.5, 0.6) is 0 Å². The summed E-state index contributed by atoms with van der Waals surface area (Å²) in [6, 6.07) is 5.44. The lowest BCUT2D eigenvalue weighted by Crippen LogP contribution is -2.45. The number of fused-ring (bicyclic) bond motifs is 5. The summed E-state index contributed by atoms with van der Waals surface area (Å²) in [7, 11) is 2.09. The molecule has 2 aliphatic carbocycles. The number of anilines is 2. The van der Waals surface area contributed by atoms with E-state index in [0.717, 1.165) is 43.2 Å². The van der Waals surface area contributed by atoms with Crippen molar-refractivity contribution in [3.05, 3.63) is 35.4 Å².